The maximum Gasteiger partial charge on any atom is 0.283 e. The molecule has 0 aromatic heterocycles. The van der Waals surface area contributed by atoms with Gasteiger partial charge in [-0.3, -0.25) is 9.79 Å². The van der Waals surface area contributed by atoms with Gasteiger partial charge in [0.25, 0.3) is 11.6 Å². The number of hydrogen-bond donors (Lipinski definition) is 1. The van der Waals surface area contributed by atoms with Gasteiger partial charge in [-0.1, -0.05) is 40.4 Å². The number of hydrogen-bond acceptors (Lipinski definition) is 3. The summed E-state index contributed by atoms with van der Waals surface area (Å²) < 4.78 is 32.8. The van der Waals surface area contributed by atoms with E-state index in [0.29, 0.717) is 17.1 Å². The minimum atomic E-state index is -2.99. The first-order chi connectivity index (χ1) is 16.7. The SMILES string of the molecule is C\C=C/N=C/C(=C/CC)C(C)NC(=O)c1ccc2c(Oc3ccc(C(F)(F)P)cc3)cccc2c1. The number of carbonyl (C=O) groups is 1. The molecule has 3 aromatic carbocycles. The van der Waals surface area contributed by atoms with Crippen LogP contribution in [-0.2, 0) is 5.66 Å². The second-order valence-corrected chi connectivity index (χ2v) is 8.73. The van der Waals surface area contributed by atoms with Gasteiger partial charge in [0.1, 0.15) is 11.5 Å². The average molecular weight is 495 g/mol. The number of rotatable bonds is 9. The van der Waals surface area contributed by atoms with Crippen molar-refractivity contribution in [2.75, 3.05) is 0 Å². The molecule has 0 heterocycles. The van der Waals surface area contributed by atoms with Crippen LogP contribution >= 0.6 is 9.24 Å². The minimum Gasteiger partial charge on any atom is -0.457 e. The molecule has 0 spiro atoms. The number of ether oxygens (including phenoxy) is 1. The molecule has 182 valence electrons. The Morgan fingerprint density at radius 1 is 1.17 bits per heavy atom. The standard InChI is InChI=1S/C28H29F2N2O2P/c1-4-7-22(18-31-16-5-2)19(3)32-27(33)21-10-15-25-20(17-21)8-6-9-26(25)34-24-13-11-23(12-14-24)28(29,30)35/h5-19H,4,35H2,1-3H3,(H,32,33)/b16-5-,22-7-,31-18+. The van der Waals surface area contributed by atoms with Crippen molar-refractivity contribution < 1.29 is 18.3 Å². The molecule has 0 aliphatic rings. The Morgan fingerprint density at radius 2 is 1.91 bits per heavy atom. The topological polar surface area (TPSA) is 50.7 Å². The number of allylic oxidation sites excluding steroid dienone is 2. The summed E-state index contributed by atoms with van der Waals surface area (Å²) >= 11 is 0. The zero-order valence-corrected chi connectivity index (χ0v) is 21.1. The smallest absolute Gasteiger partial charge is 0.283 e. The van der Waals surface area contributed by atoms with E-state index in [1.807, 2.05) is 51.1 Å². The fourth-order valence-electron chi connectivity index (χ4n) is 3.51. The van der Waals surface area contributed by atoms with Gasteiger partial charge in [0, 0.05) is 28.9 Å². The zero-order chi connectivity index (χ0) is 25.4. The molecule has 0 saturated carbocycles. The average Bonchev–Trinajstić information content (AvgIpc) is 2.83. The molecule has 2 unspecified atom stereocenters. The first-order valence-electron chi connectivity index (χ1n) is 11.4. The lowest BCUT2D eigenvalue weighted by atomic mass is 10.0. The number of aliphatic imine (C=N–C) groups is 1. The number of fused-ring (bicyclic) bond motifs is 1. The summed E-state index contributed by atoms with van der Waals surface area (Å²) in [5.74, 6) is 0.823. The van der Waals surface area contributed by atoms with Gasteiger partial charge in [-0.25, -0.2) is 0 Å². The lowest BCUT2D eigenvalue weighted by Gasteiger charge is -2.16. The van der Waals surface area contributed by atoms with Gasteiger partial charge < -0.3 is 10.1 Å². The predicted octanol–water partition coefficient (Wildman–Crippen LogP) is 7.62. The van der Waals surface area contributed by atoms with Crippen molar-refractivity contribution in [1.82, 2.24) is 5.32 Å². The molecule has 0 bridgehead atoms. The summed E-state index contributed by atoms with van der Waals surface area (Å²) in [6, 6.07) is 16.4. The van der Waals surface area contributed by atoms with Crippen LogP contribution in [0.25, 0.3) is 10.8 Å². The van der Waals surface area contributed by atoms with Crippen molar-refractivity contribution in [3.8, 4) is 11.5 Å². The fourth-order valence-corrected chi connectivity index (χ4v) is 3.70. The Hall–Kier alpha value is -3.37. The van der Waals surface area contributed by atoms with Crippen molar-refractivity contribution in [3.63, 3.8) is 0 Å². The third-order valence-electron chi connectivity index (χ3n) is 5.32. The summed E-state index contributed by atoms with van der Waals surface area (Å²) in [5, 5.41) is 4.66. The van der Waals surface area contributed by atoms with E-state index in [2.05, 4.69) is 10.3 Å². The summed E-state index contributed by atoms with van der Waals surface area (Å²) in [7, 11) is 1.52. The van der Waals surface area contributed by atoms with Crippen molar-refractivity contribution in [1.29, 1.82) is 0 Å². The third kappa shape index (κ3) is 7.06. The molecule has 7 heteroatoms. The first kappa shape index (κ1) is 26.2. The number of halogens is 2. The highest BCUT2D eigenvalue weighted by molar-refractivity contribution is 7.17. The normalized spacial score (nSPS) is 13.5. The molecule has 0 aliphatic heterocycles. The number of nitrogens with one attached hydrogen (secondary N) is 1. The lowest BCUT2D eigenvalue weighted by Crippen LogP contribution is -2.34. The summed E-state index contributed by atoms with van der Waals surface area (Å²) in [6.07, 6.45) is 8.17. The Balaban J connectivity index is 1.79. The fraction of sp³-hybridized carbons (Fsp3) is 0.214. The van der Waals surface area contributed by atoms with Crippen LogP contribution < -0.4 is 10.1 Å². The largest absolute Gasteiger partial charge is 0.457 e. The van der Waals surface area contributed by atoms with Gasteiger partial charge in [0.2, 0.25) is 0 Å². The molecule has 2 atom stereocenters. The Kier molecular flexibility index (Phi) is 8.89. The number of nitrogens with zero attached hydrogens (tertiary/aromatic N) is 1. The van der Waals surface area contributed by atoms with Crippen LogP contribution in [0.15, 0.2) is 89.6 Å². The molecule has 1 amide bonds. The lowest BCUT2D eigenvalue weighted by molar-refractivity contribution is 0.0945. The molecule has 3 rings (SSSR count). The monoisotopic (exact) mass is 494 g/mol. The molecular weight excluding hydrogens is 465 g/mol. The minimum absolute atomic E-state index is 0.109. The Labute approximate surface area is 207 Å². The molecule has 0 fully saturated rings. The van der Waals surface area contributed by atoms with Crippen LogP contribution in [0.1, 0.15) is 43.1 Å². The van der Waals surface area contributed by atoms with Gasteiger partial charge in [-0.05, 0) is 79.8 Å². The van der Waals surface area contributed by atoms with Crippen molar-refractivity contribution in [2.24, 2.45) is 4.99 Å². The molecule has 35 heavy (non-hydrogen) atoms. The summed E-state index contributed by atoms with van der Waals surface area (Å²) in [6.45, 7) is 5.85. The van der Waals surface area contributed by atoms with Crippen LogP contribution in [0.2, 0.25) is 0 Å². The highest BCUT2D eigenvalue weighted by Crippen LogP contribution is 2.36. The van der Waals surface area contributed by atoms with Gasteiger partial charge >= 0.3 is 0 Å². The molecule has 0 saturated heterocycles. The highest BCUT2D eigenvalue weighted by atomic mass is 31.0. The highest BCUT2D eigenvalue weighted by Gasteiger charge is 2.24. The van der Waals surface area contributed by atoms with E-state index in [0.717, 1.165) is 22.8 Å². The molecule has 0 radical (unpaired) electrons. The molecule has 3 aromatic rings. The van der Waals surface area contributed by atoms with Crippen molar-refractivity contribution in [3.05, 3.63) is 95.7 Å². The maximum absolute atomic E-state index is 13.4. The number of benzene rings is 3. The van der Waals surface area contributed by atoms with Crippen LogP contribution in [0.5, 0.6) is 11.5 Å². The molecule has 1 N–H and O–H groups in total. The van der Waals surface area contributed by atoms with Crippen molar-refractivity contribution in [2.45, 2.75) is 38.9 Å². The van der Waals surface area contributed by atoms with Crippen LogP contribution in [0.4, 0.5) is 8.78 Å². The third-order valence-corrected chi connectivity index (χ3v) is 5.65. The summed E-state index contributed by atoms with van der Waals surface area (Å²) in [5.41, 5.74) is -1.64. The second-order valence-electron chi connectivity index (χ2n) is 8.01. The van der Waals surface area contributed by atoms with E-state index in [9.17, 15) is 13.6 Å². The van der Waals surface area contributed by atoms with Crippen LogP contribution in [0, 0.1) is 0 Å². The second kappa shape index (κ2) is 11.9. The van der Waals surface area contributed by atoms with E-state index >= 15 is 0 Å². The van der Waals surface area contributed by atoms with Gasteiger partial charge in [-0.2, -0.15) is 8.78 Å². The zero-order valence-electron chi connectivity index (χ0n) is 20.0. The molecular formula is C28H29F2N2O2P. The van der Waals surface area contributed by atoms with E-state index in [1.54, 1.807) is 30.6 Å². The van der Waals surface area contributed by atoms with Crippen LogP contribution in [-0.4, -0.2) is 18.2 Å². The number of amides is 1. The van der Waals surface area contributed by atoms with E-state index in [-0.39, 0.29) is 17.5 Å². The van der Waals surface area contributed by atoms with Crippen LogP contribution in [0.3, 0.4) is 0 Å². The Morgan fingerprint density at radius 3 is 2.57 bits per heavy atom. The number of alkyl halides is 2. The number of carbonyl (C=O) groups excluding carboxylic acids is 1. The summed E-state index contributed by atoms with van der Waals surface area (Å²) in [4.78, 5) is 17.2. The van der Waals surface area contributed by atoms with Gasteiger partial charge in [0.05, 0.1) is 6.04 Å². The first-order valence-corrected chi connectivity index (χ1v) is 11.9. The molecule has 0 aliphatic carbocycles. The molecule has 4 nitrogen and oxygen atoms in total. The van der Waals surface area contributed by atoms with E-state index < -0.39 is 5.66 Å². The van der Waals surface area contributed by atoms with E-state index in [1.165, 1.54) is 33.5 Å². The Bertz CT molecular complexity index is 1260. The van der Waals surface area contributed by atoms with Gasteiger partial charge in [0.15, 0.2) is 0 Å². The van der Waals surface area contributed by atoms with Crippen molar-refractivity contribution >= 4 is 32.1 Å². The quantitative estimate of drug-likeness (QED) is 0.246. The van der Waals surface area contributed by atoms with Gasteiger partial charge in [-0.15, -0.1) is 0 Å². The predicted molar refractivity (Wildman–Crippen MR) is 143 cm³/mol. The maximum atomic E-state index is 13.4. The van der Waals surface area contributed by atoms with E-state index in [4.69, 9.17) is 4.74 Å².